The summed E-state index contributed by atoms with van der Waals surface area (Å²) in [5.74, 6) is 0.850. The highest BCUT2D eigenvalue weighted by Crippen LogP contribution is 2.19. The van der Waals surface area contributed by atoms with Gasteiger partial charge in [-0.15, -0.1) is 0 Å². The molecular formula is C17H21N3O. The minimum absolute atomic E-state index is 0.501. The van der Waals surface area contributed by atoms with Gasteiger partial charge in [-0.25, -0.2) is 0 Å². The Balaban J connectivity index is 1.82. The quantitative estimate of drug-likeness (QED) is 0.779. The van der Waals surface area contributed by atoms with Crippen LogP contribution in [0, 0.1) is 6.92 Å². The maximum atomic E-state index is 5.13. The average molecular weight is 283 g/mol. The van der Waals surface area contributed by atoms with Crippen molar-refractivity contribution >= 4 is 10.9 Å². The van der Waals surface area contributed by atoms with Crippen LogP contribution >= 0.6 is 0 Å². The van der Waals surface area contributed by atoms with E-state index >= 15 is 0 Å². The molecule has 0 aliphatic heterocycles. The summed E-state index contributed by atoms with van der Waals surface area (Å²) in [6.45, 7) is 7.88. The first-order valence-corrected chi connectivity index (χ1v) is 7.35. The van der Waals surface area contributed by atoms with E-state index in [1.54, 1.807) is 0 Å². The molecule has 0 bridgehead atoms. The Labute approximate surface area is 124 Å². The largest absolute Gasteiger partial charge is 0.361 e. The molecule has 0 fully saturated rings. The highest BCUT2D eigenvalue weighted by molar-refractivity contribution is 5.81. The van der Waals surface area contributed by atoms with Crippen molar-refractivity contribution in [3.63, 3.8) is 0 Å². The third-order valence-electron chi connectivity index (χ3n) is 3.56. The number of rotatable bonds is 5. The van der Waals surface area contributed by atoms with E-state index in [0.717, 1.165) is 24.5 Å². The highest BCUT2D eigenvalue weighted by atomic mass is 16.5. The summed E-state index contributed by atoms with van der Waals surface area (Å²) in [4.78, 5) is 0. The number of hydrogen-bond acceptors (Lipinski definition) is 3. The fourth-order valence-corrected chi connectivity index (χ4v) is 2.49. The van der Waals surface area contributed by atoms with Crippen molar-refractivity contribution in [2.75, 3.05) is 0 Å². The van der Waals surface area contributed by atoms with E-state index < -0.39 is 0 Å². The van der Waals surface area contributed by atoms with Crippen molar-refractivity contribution in [1.29, 1.82) is 0 Å². The monoisotopic (exact) mass is 283 g/mol. The second-order valence-corrected chi connectivity index (χ2v) is 5.80. The van der Waals surface area contributed by atoms with Gasteiger partial charge in [-0.2, -0.15) is 0 Å². The molecule has 0 aliphatic rings. The van der Waals surface area contributed by atoms with E-state index in [-0.39, 0.29) is 0 Å². The molecule has 2 aromatic heterocycles. The number of nitrogens with zero attached hydrogens (tertiary/aromatic N) is 2. The van der Waals surface area contributed by atoms with Crippen LogP contribution in [-0.2, 0) is 13.1 Å². The van der Waals surface area contributed by atoms with Gasteiger partial charge in [0.05, 0.1) is 6.54 Å². The van der Waals surface area contributed by atoms with Crippen LogP contribution in [0.3, 0.4) is 0 Å². The molecule has 110 valence electrons. The molecule has 0 radical (unpaired) electrons. The Morgan fingerprint density at radius 3 is 2.81 bits per heavy atom. The molecule has 0 saturated heterocycles. The molecule has 4 heteroatoms. The van der Waals surface area contributed by atoms with Gasteiger partial charge in [-0.1, -0.05) is 25.1 Å². The van der Waals surface area contributed by atoms with Gasteiger partial charge in [0, 0.05) is 30.4 Å². The van der Waals surface area contributed by atoms with Crippen LogP contribution in [0.5, 0.6) is 0 Å². The topological polar surface area (TPSA) is 43.0 Å². The fraction of sp³-hybridized carbons (Fsp3) is 0.353. The zero-order chi connectivity index (χ0) is 14.8. The molecular weight excluding hydrogens is 262 g/mol. The lowest BCUT2D eigenvalue weighted by Gasteiger charge is -2.08. The van der Waals surface area contributed by atoms with Crippen LogP contribution < -0.4 is 5.32 Å². The van der Waals surface area contributed by atoms with E-state index in [0.29, 0.717) is 6.04 Å². The van der Waals surface area contributed by atoms with E-state index in [1.165, 1.54) is 16.5 Å². The van der Waals surface area contributed by atoms with Crippen molar-refractivity contribution in [3.05, 3.63) is 53.5 Å². The van der Waals surface area contributed by atoms with Crippen molar-refractivity contribution in [1.82, 2.24) is 15.0 Å². The van der Waals surface area contributed by atoms with E-state index in [2.05, 4.69) is 59.4 Å². The molecule has 0 saturated carbocycles. The van der Waals surface area contributed by atoms with Crippen molar-refractivity contribution in [2.45, 2.75) is 39.9 Å². The molecule has 3 aromatic rings. The van der Waals surface area contributed by atoms with Crippen LogP contribution in [0.2, 0.25) is 0 Å². The van der Waals surface area contributed by atoms with Gasteiger partial charge in [0.1, 0.15) is 11.5 Å². The Bertz CT molecular complexity index is 739. The molecule has 0 unspecified atom stereocenters. The second kappa shape index (κ2) is 5.74. The minimum Gasteiger partial charge on any atom is -0.361 e. The molecule has 21 heavy (non-hydrogen) atoms. The van der Waals surface area contributed by atoms with Gasteiger partial charge in [0.2, 0.25) is 0 Å². The number of benzene rings is 1. The number of fused-ring (bicyclic) bond motifs is 1. The molecule has 4 nitrogen and oxygen atoms in total. The van der Waals surface area contributed by atoms with Crippen LogP contribution in [0.25, 0.3) is 10.9 Å². The third-order valence-corrected chi connectivity index (χ3v) is 3.56. The van der Waals surface area contributed by atoms with Crippen LogP contribution in [0.4, 0.5) is 0 Å². The molecule has 0 aliphatic carbocycles. The molecule has 3 rings (SSSR count). The number of aromatic nitrogens is 2. The normalized spacial score (nSPS) is 11.6. The van der Waals surface area contributed by atoms with Crippen LogP contribution in [0.15, 0.2) is 41.1 Å². The van der Waals surface area contributed by atoms with Crippen molar-refractivity contribution in [2.24, 2.45) is 0 Å². The molecule has 0 amide bonds. The number of aryl methyl sites for hydroxylation is 1. The van der Waals surface area contributed by atoms with Crippen LogP contribution in [0.1, 0.15) is 30.9 Å². The van der Waals surface area contributed by atoms with E-state index in [1.807, 2.05) is 13.0 Å². The Hall–Kier alpha value is -2.07. The summed E-state index contributed by atoms with van der Waals surface area (Å²) in [7, 11) is 0. The zero-order valence-corrected chi connectivity index (χ0v) is 12.8. The Kier molecular flexibility index (Phi) is 3.80. The van der Waals surface area contributed by atoms with E-state index in [4.69, 9.17) is 4.52 Å². The summed E-state index contributed by atoms with van der Waals surface area (Å²) in [5.41, 5.74) is 3.49. The third kappa shape index (κ3) is 3.16. The number of nitrogens with one attached hydrogen (secondary N) is 1. The SMILES string of the molecule is Cc1cc(Cn2ccc3cc(CNC(C)C)ccc32)no1. The van der Waals surface area contributed by atoms with Gasteiger partial charge in [-0.3, -0.25) is 0 Å². The predicted octanol–water partition coefficient (Wildman–Crippen LogP) is 3.48. The summed E-state index contributed by atoms with van der Waals surface area (Å²) in [6, 6.07) is 11.2. The molecule has 1 N–H and O–H groups in total. The Morgan fingerprint density at radius 1 is 1.24 bits per heavy atom. The lowest BCUT2D eigenvalue weighted by molar-refractivity contribution is 0.389. The smallest absolute Gasteiger partial charge is 0.133 e. The standard InChI is InChI=1S/C17H21N3O/c1-12(2)18-10-14-4-5-17-15(9-14)6-7-20(17)11-16-8-13(3)21-19-16/h4-9,12,18H,10-11H2,1-3H3. The first-order chi connectivity index (χ1) is 10.1. The molecule has 0 atom stereocenters. The summed E-state index contributed by atoms with van der Waals surface area (Å²) in [6.07, 6.45) is 2.11. The zero-order valence-electron chi connectivity index (χ0n) is 12.8. The maximum Gasteiger partial charge on any atom is 0.133 e. The van der Waals surface area contributed by atoms with Crippen LogP contribution in [-0.4, -0.2) is 15.8 Å². The van der Waals surface area contributed by atoms with Gasteiger partial charge in [-0.05, 0) is 36.1 Å². The first kappa shape index (κ1) is 13.9. The highest BCUT2D eigenvalue weighted by Gasteiger charge is 2.06. The Morgan fingerprint density at radius 2 is 2.10 bits per heavy atom. The first-order valence-electron chi connectivity index (χ1n) is 7.35. The van der Waals surface area contributed by atoms with E-state index in [9.17, 15) is 0 Å². The van der Waals surface area contributed by atoms with Gasteiger partial charge in [0.15, 0.2) is 0 Å². The molecule has 1 aromatic carbocycles. The maximum absolute atomic E-state index is 5.13. The summed E-state index contributed by atoms with van der Waals surface area (Å²) < 4.78 is 7.33. The molecule has 0 spiro atoms. The lowest BCUT2D eigenvalue weighted by Crippen LogP contribution is -2.21. The number of hydrogen-bond donors (Lipinski definition) is 1. The second-order valence-electron chi connectivity index (χ2n) is 5.80. The van der Waals surface area contributed by atoms with Gasteiger partial charge < -0.3 is 14.4 Å². The van der Waals surface area contributed by atoms with Gasteiger partial charge in [0.25, 0.3) is 0 Å². The lowest BCUT2D eigenvalue weighted by atomic mass is 10.1. The predicted molar refractivity (Wildman–Crippen MR) is 84.3 cm³/mol. The van der Waals surface area contributed by atoms with Gasteiger partial charge >= 0.3 is 0 Å². The summed E-state index contributed by atoms with van der Waals surface area (Å²) in [5, 5.41) is 8.77. The average Bonchev–Trinajstić information content (AvgIpc) is 3.04. The fourth-order valence-electron chi connectivity index (χ4n) is 2.49. The van der Waals surface area contributed by atoms with Crippen molar-refractivity contribution < 1.29 is 4.52 Å². The summed E-state index contributed by atoms with van der Waals surface area (Å²) >= 11 is 0. The minimum atomic E-state index is 0.501. The molecule has 2 heterocycles. The van der Waals surface area contributed by atoms with Crippen molar-refractivity contribution in [3.8, 4) is 0 Å².